The molecule has 1 heterocycles. The van der Waals surface area contributed by atoms with Crippen LogP contribution in [0.5, 0.6) is 0 Å². The first-order valence-electron chi connectivity index (χ1n) is 6.96. The van der Waals surface area contributed by atoms with Gasteiger partial charge in [-0.1, -0.05) is 6.92 Å². The Balaban J connectivity index is 1.55. The van der Waals surface area contributed by atoms with Crippen LogP contribution in [0.3, 0.4) is 0 Å². The topological polar surface area (TPSA) is 18.5 Å². The van der Waals surface area contributed by atoms with Crippen molar-refractivity contribution in [1.29, 1.82) is 0 Å². The van der Waals surface area contributed by atoms with Crippen molar-refractivity contribution >= 4 is 0 Å². The standard InChI is InChI=1S/C13H27N3/c1-3-16-9-8-15(11-12(16)2)7-6-14-10-13-4-5-13/h12-14H,3-11H2,1-2H3. The number of rotatable bonds is 6. The predicted octanol–water partition coefficient (Wildman–Crippen LogP) is 1.01. The van der Waals surface area contributed by atoms with Gasteiger partial charge in [-0.3, -0.25) is 9.80 Å². The minimum Gasteiger partial charge on any atom is -0.315 e. The van der Waals surface area contributed by atoms with Gasteiger partial charge in [0, 0.05) is 38.8 Å². The van der Waals surface area contributed by atoms with E-state index in [1.807, 2.05) is 0 Å². The molecule has 2 fully saturated rings. The second-order valence-electron chi connectivity index (χ2n) is 5.43. The summed E-state index contributed by atoms with van der Waals surface area (Å²) in [6, 6.07) is 0.738. The molecule has 1 N–H and O–H groups in total. The van der Waals surface area contributed by atoms with E-state index in [9.17, 15) is 0 Å². The van der Waals surface area contributed by atoms with E-state index in [1.54, 1.807) is 0 Å². The van der Waals surface area contributed by atoms with Gasteiger partial charge in [0.2, 0.25) is 0 Å². The molecule has 0 bridgehead atoms. The quantitative estimate of drug-likeness (QED) is 0.681. The van der Waals surface area contributed by atoms with Gasteiger partial charge in [0.15, 0.2) is 0 Å². The Morgan fingerprint density at radius 2 is 2.06 bits per heavy atom. The van der Waals surface area contributed by atoms with E-state index >= 15 is 0 Å². The van der Waals surface area contributed by atoms with Gasteiger partial charge < -0.3 is 5.32 Å². The number of hydrogen-bond acceptors (Lipinski definition) is 3. The molecule has 3 heteroatoms. The lowest BCUT2D eigenvalue weighted by Gasteiger charge is -2.39. The van der Waals surface area contributed by atoms with Gasteiger partial charge in [-0.2, -0.15) is 0 Å². The minimum atomic E-state index is 0.738. The fraction of sp³-hybridized carbons (Fsp3) is 1.00. The van der Waals surface area contributed by atoms with E-state index < -0.39 is 0 Å². The Morgan fingerprint density at radius 3 is 2.69 bits per heavy atom. The summed E-state index contributed by atoms with van der Waals surface area (Å²) in [7, 11) is 0. The Kier molecular flexibility index (Phi) is 4.62. The van der Waals surface area contributed by atoms with Crippen LogP contribution in [0.2, 0.25) is 0 Å². The first kappa shape index (κ1) is 12.3. The zero-order valence-corrected chi connectivity index (χ0v) is 10.9. The molecule has 3 nitrogen and oxygen atoms in total. The van der Waals surface area contributed by atoms with E-state index in [0.717, 1.165) is 12.0 Å². The van der Waals surface area contributed by atoms with Crippen molar-refractivity contribution in [1.82, 2.24) is 15.1 Å². The highest BCUT2D eigenvalue weighted by Crippen LogP contribution is 2.27. The third-order valence-electron chi connectivity index (χ3n) is 3.99. The molecule has 1 atom stereocenters. The predicted molar refractivity (Wildman–Crippen MR) is 68.7 cm³/mol. The summed E-state index contributed by atoms with van der Waals surface area (Å²) in [5.41, 5.74) is 0. The van der Waals surface area contributed by atoms with Gasteiger partial charge in [0.1, 0.15) is 0 Å². The molecule has 1 aliphatic carbocycles. The molecule has 1 saturated carbocycles. The van der Waals surface area contributed by atoms with Crippen LogP contribution in [0, 0.1) is 5.92 Å². The van der Waals surface area contributed by atoms with Crippen LogP contribution in [0.25, 0.3) is 0 Å². The van der Waals surface area contributed by atoms with Crippen LogP contribution in [0.15, 0.2) is 0 Å². The average Bonchev–Trinajstić information content (AvgIpc) is 3.08. The second-order valence-corrected chi connectivity index (χ2v) is 5.43. The van der Waals surface area contributed by atoms with Crippen molar-refractivity contribution in [2.24, 2.45) is 5.92 Å². The second kappa shape index (κ2) is 5.99. The summed E-state index contributed by atoms with van der Waals surface area (Å²) in [5.74, 6) is 1.01. The molecule has 0 aromatic heterocycles. The maximum Gasteiger partial charge on any atom is 0.0195 e. The first-order chi connectivity index (χ1) is 7.79. The molecular weight excluding hydrogens is 198 g/mol. The maximum atomic E-state index is 3.58. The summed E-state index contributed by atoms with van der Waals surface area (Å²) in [6.07, 6.45) is 2.92. The van der Waals surface area contributed by atoms with Crippen molar-refractivity contribution in [2.45, 2.75) is 32.7 Å². The third kappa shape index (κ3) is 3.72. The van der Waals surface area contributed by atoms with E-state index in [4.69, 9.17) is 0 Å². The van der Waals surface area contributed by atoms with Gasteiger partial charge in [-0.15, -0.1) is 0 Å². The summed E-state index contributed by atoms with van der Waals surface area (Å²) in [6.45, 7) is 13.2. The molecule has 0 aromatic carbocycles. The van der Waals surface area contributed by atoms with Crippen molar-refractivity contribution in [3.8, 4) is 0 Å². The average molecular weight is 225 g/mol. The number of piperazine rings is 1. The molecule has 0 radical (unpaired) electrons. The van der Waals surface area contributed by atoms with Crippen molar-refractivity contribution in [3.63, 3.8) is 0 Å². The van der Waals surface area contributed by atoms with Gasteiger partial charge in [0.25, 0.3) is 0 Å². The smallest absolute Gasteiger partial charge is 0.0195 e. The van der Waals surface area contributed by atoms with Crippen LogP contribution < -0.4 is 5.32 Å². The van der Waals surface area contributed by atoms with Crippen molar-refractivity contribution in [3.05, 3.63) is 0 Å². The van der Waals surface area contributed by atoms with Crippen LogP contribution in [0.1, 0.15) is 26.7 Å². The number of nitrogens with one attached hydrogen (secondary N) is 1. The molecule has 1 unspecified atom stereocenters. The summed E-state index contributed by atoms with van der Waals surface area (Å²) in [4.78, 5) is 5.19. The van der Waals surface area contributed by atoms with Crippen LogP contribution >= 0.6 is 0 Å². The zero-order valence-electron chi connectivity index (χ0n) is 10.9. The Hall–Kier alpha value is -0.120. The molecule has 94 valence electrons. The van der Waals surface area contributed by atoms with E-state index in [-0.39, 0.29) is 0 Å². The monoisotopic (exact) mass is 225 g/mol. The van der Waals surface area contributed by atoms with Gasteiger partial charge >= 0.3 is 0 Å². The lowest BCUT2D eigenvalue weighted by Crippen LogP contribution is -2.52. The lowest BCUT2D eigenvalue weighted by molar-refractivity contribution is 0.0887. The number of likely N-dealkylation sites (N-methyl/N-ethyl adjacent to an activating group) is 1. The van der Waals surface area contributed by atoms with E-state index in [2.05, 4.69) is 29.0 Å². The molecule has 0 amide bonds. The number of hydrogen-bond donors (Lipinski definition) is 1. The Morgan fingerprint density at radius 1 is 1.25 bits per heavy atom. The Labute approximate surface area is 100 Å². The fourth-order valence-corrected chi connectivity index (χ4v) is 2.61. The first-order valence-corrected chi connectivity index (χ1v) is 6.96. The number of nitrogens with zero attached hydrogens (tertiary/aromatic N) is 2. The van der Waals surface area contributed by atoms with Crippen molar-refractivity contribution < 1.29 is 0 Å². The molecule has 0 aromatic rings. The largest absolute Gasteiger partial charge is 0.315 e. The normalized spacial score (nSPS) is 28.5. The lowest BCUT2D eigenvalue weighted by atomic mass is 10.2. The summed E-state index contributed by atoms with van der Waals surface area (Å²) in [5, 5.41) is 3.58. The zero-order chi connectivity index (χ0) is 11.4. The maximum absolute atomic E-state index is 3.58. The SMILES string of the molecule is CCN1CCN(CCNCC2CC2)CC1C. The molecule has 16 heavy (non-hydrogen) atoms. The molecule has 2 rings (SSSR count). The Bertz CT molecular complexity index is 203. The third-order valence-corrected chi connectivity index (χ3v) is 3.99. The fourth-order valence-electron chi connectivity index (χ4n) is 2.61. The minimum absolute atomic E-state index is 0.738. The highest BCUT2D eigenvalue weighted by atomic mass is 15.3. The summed E-state index contributed by atoms with van der Waals surface area (Å²) >= 11 is 0. The molecular formula is C13H27N3. The molecule has 0 spiro atoms. The summed E-state index contributed by atoms with van der Waals surface area (Å²) < 4.78 is 0. The van der Waals surface area contributed by atoms with Gasteiger partial charge in [-0.25, -0.2) is 0 Å². The van der Waals surface area contributed by atoms with Crippen molar-refractivity contribution in [2.75, 3.05) is 45.8 Å². The molecule has 1 aliphatic heterocycles. The van der Waals surface area contributed by atoms with E-state index in [1.165, 1.54) is 58.7 Å². The highest BCUT2D eigenvalue weighted by Gasteiger charge is 2.22. The van der Waals surface area contributed by atoms with Gasteiger partial charge in [0.05, 0.1) is 0 Å². The van der Waals surface area contributed by atoms with Crippen LogP contribution in [-0.4, -0.2) is 61.7 Å². The highest BCUT2D eigenvalue weighted by molar-refractivity contribution is 4.79. The van der Waals surface area contributed by atoms with Crippen LogP contribution in [0.4, 0.5) is 0 Å². The molecule has 2 aliphatic rings. The van der Waals surface area contributed by atoms with Gasteiger partial charge in [-0.05, 0) is 38.8 Å². The van der Waals surface area contributed by atoms with E-state index in [0.29, 0.717) is 0 Å². The van der Waals surface area contributed by atoms with Crippen LogP contribution in [-0.2, 0) is 0 Å². The molecule has 1 saturated heterocycles.